The van der Waals surface area contributed by atoms with Gasteiger partial charge in [0.05, 0.1) is 11.9 Å². The Morgan fingerprint density at radius 1 is 1.07 bits per heavy atom. The van der Waals surface area contributed by atoms with Gasteiger partial charge in [-0.1, -0.05) is 25.0 Å². The minimum atomic E-state index is -4.31. The largest absolute Gasteiger partial charge is 0.416 e. The van der Waals surface area contributed by atoms with E-state index in [0.29, 0.717) is 37.0 Å². The minimum absolute atomic E-state index is 0.169. The molecule has 2 N–H and O–H groups in total. The molecule has 1 aromatic carbocycles. The molecule has 0 unspecified atom stereocenters. The summed E-state index contributed by atoms with van der Waals surface area (Å²) >= 11 is 6.13. The molecule has 0 saturated heterocycles. The van der Waals surface area contributed by atoms with E-state index in [9.17, 15) is 13.2 Å². The summed E-state index contributed by atoms with van der Waals surface area (Å²) < 4.78 is 39.9. The lowest BCUT2D eigenvalue weighted by Crippen LogP contribution is -2.22. The number of imidazole rings is 1. The summed E-state index contributed by atoms with van der Waals surface area (Å²) in [6, 6.07) is 5.55. The van der Waals surface area contributed by atoms with Gasteiger partial charge in [0.25, 0.3) is 0 Å². The van der Waals surface area contributed by atoms with Crippen molar-refractivity contribution >= 4 is 28.6 Å². The maximum absolute atomic E-state index is 12.6. The fraction of sp³-hybridized carbons (Fsp3) is 0.450. The van der Waals surface area contributed by atoms with Crippen molar-refractivity contribution in [3.05, 3.63) is 47.0 Å². The first kappa shape index (κ1) is 20.9. The molecule has 0 radical (unpaired) electrons. The molecular formula is C20H22ClF3N6. The Balaban J connectivity index is 1.33. The number of hydrogen-bond donors (Lipinski definition) is 2. The van der Waals surface area contributed by atoms with Gasteiger partial charge in [0, 0.05) is 25.7 Å². The Bertz CT molecular complexity index is 996. The van der Waals surface area contributed by atoms with E-state index in [-0.39, 0.29) is 5.28 Å². The molecule has 4 rings (SSSR count). The van der Waals surface area contributed by atoms with Crippen LogP contribution in [0, 0.1) is 0 Å². The topological polar surface area (TPSA) is 67.7 Å². The second kappa shape index (κ2) is 8.77. The standard InChI is InChI=1S/C20H22ClF3N6/c21-19-28-17(16-18(29-19)30(12-27-16)15-3-1-2-4-15)26-10-9-25-11-13-5-7-14(8-6-13)20(22,23)24/h5-8,12,15,25H,1-4,9-11H2,(H,26,28,29). The highest BCUT2D eigenvalue weighted by atomic mass is 35.5. The molecule has 2 aromatic heterocycles. The zero-order valence-electron chi connectivity index (χ0n) is 16.2. The fourth-order valence-electron chi connectivity index (χ4n) is 3.78. The first-order valence-electron chi connectivity index (χ1n) is 9.92. The summed E-state index contributed by atoms with van der Waals surface area (Å²) in [5.41, 5.74) is 1.57. The second-order valence-electron chi connectivity index (χ2n) is 7.40. The zero-order valence-corrected chi connectivity index (χ0v) is 17.0. The average molecular weight is 439 g/mol. The van der Waals surface area contributed by atoms with Crippen molar-refractivity contribution in [1.29, 1.82) is 0 Å². The number of rotatable bonds is 7. The van der Waals surface area contributed by atoms with Crippen LogP contribution in [0.4, 0.5) is 19.0 Å². The molecule has 0 amide bonds. The molecule has 1 saturated carbocycles. The molecule has 1 fully saturated rings. The van der Waals surface area contributed by atoms with Crippen LogP contribution in [0.2, 0.25) is 5.28 Å². The van der Waals surface area contributed by atoms with Crippen molar-refractivity contribution in [2.75, 3.05) is 18.4 Å². The molecule has 30 heavy (non-hydrogen) atoms. The Hall–Kier alpha value is -2.39. The predicted octanol–water partition coefficient (Wildman–Crippen LogP) is 4.82. The first-order chi connectivity index (χ1) is 14.4. The molecule has 10 heteroatoms. The van der Waals surface area contributed by atoms with E-state index in [1.54, 1.807) is 6.33 Å². The SMILES string of the molecule is FC(F)(F)c1ccc(CNCCNc2nc(Cl)nc3c2ncn3C2CCCC2)cc1. The Labute approximate surface area is 176 Å². The van der Waals surface area contributed by atoms with Crippen LogP contribution < -0.4 is 10.6 Å². The molecule has 0 aliphatic heterocycles. The molecule has 1 aliphatic rings. The number of alkyl halides is 3. The monoisotopic (exact) mass is 438 g/mol. The van der Waals surface area contributed by atoms with E-state index < -0.39 is 11.7 Å². The van der Waals surface area contributed by atoms with Crippen molar-refractivity contribution in [3.63, 3.8) is 0 Å². The third-order valence-electron chi connectivity index (χ3n) is 5.32. The predicted molar refractivity (Wildman–Crippen MR) is 109 cm³/mol. The van der Waals surface area contributed by atoms with Gasteiger partial charge in [0.2, 0.25) is 5.28 Å². The second-order valence-corrected chi connectivity index (χ2v) is 7.74. The summed E-state index contributed by atoms with van der Waals surface area (Å²) in [5, 5.41) is 6.59. The van der Waals surface area contributed by atoms with Gasteiger partial charge in [0.1, 0.15) is 0 Å². The van der Waals surface area contributed by atoms with Gasteiger partial charge < -0.3 is 15.2 Å². The maximum Gasteiger partial charge on any atom is 0.416 e. The number of aromatic nitrogens is 4. The number of hydrogen-bond acceptors (Lipinski definition) is 5. The molecule has 160 valence electrons. The molecule has 1 aliphatic carbocycles. The number of anilines is 1. The lowest BCUT2D eigenvalue weighted by atomic mass is 10.1. The number of halogens is 4. The first-order valence-corrected chi connectivity index (χ1v) is 10.3. The van der Waals surface area contributed by atoms with Crippen LogP contribution in [0.15, 0.2) is 30.6 Å². The summed E-state index contributed by atoms with van der Waals surface area (Å²) in [6.45, 7) is 1.61. The Morgan fingerprint density at radius 2 is 1.80 bits per heavy atom. The van der Waals surface area contributed by atoms with Gasteiger partial charge in [-0.15, -0.1) is 0 Å². The molecular weight excluding hydrogens is 417 g/mol. The van der Waals surface area contributed by atoms with Gasteiger partial charge in [-0.25, -0.2) is 4.98 Å². The van der Waals surface area contributed by atoms with E-state index >= 15 is 0 Å². The van der Waals surface area contributed by atoms with E-state index in [1.807, 2.05) is 0 Å². The highest BCUT2D eigenvalue weighted by Crippen LogP contribution is 2.33. The smallest absolute Gasteiger partial charge is 0.367 e. The molecule has 0 spiro atoms. The van der Waals surface area contributed by atoms with Crippen LogP contribution in [0.3, 0.4) is 0 Å². The van der Waals surface area contributed by atoms with Crippen molar-refractivity contribution in [1.82, 2.24) is 24.8 Å². The fourth-order valence-corrected chi connectivity index (χ4v) is 3.94. The van der Waals surface area contributed by atoms with E-state index in [0.717, 1.165) is 36.2 Å². The minimum Gasteiger partial charge on any atom is -0.367 e. The average Bonchev–Trinajstić information content (AvgIpc) is 3.36. The van der Waals surface area contributed by atoms with E-state index in [2.05, 4.69) is 30.2 Å². The van der Waals surface area contributed by atoms with Crippen molar-refractivity contribution < 1.29 is 13.2 Å². The molecule has 0 atom stereocenters. The van der Waals surface area contributed by atoms with Crippen molar-refractivity contribution in [2.45, 2.75) is 44.4 Å². The highest BCUT2D eigenvalue weighted by Gasteiger charge is 2.29. The van der Waals surface area contributed by atoms with Crippen LogP contribution in [0.1, 0.15) is 42.9 Å². The third-order valence-corrected chi connectivity index (χ3v) is 5.49. The molecule has 6 nitrogen and oxygen atoms in total. The van der Waals surface area contributed by atoms with E-state index in [1.165, 1.54) is 25.0 Å². The van der Waals surface area contributed by atoms with Crippen LogP contribution in [0.25, 0.3) is 11.2 Å². The number of nitrogens with one attached hydrogen (secondary N) is 2. The van der Waals surface area contributed by atoms with Crippen LogP contribution in [-0.4, -0.2) is 32.6 Å². The van der Waals surface area contributed by atoms with Gasteiger partial charge in [-0.05, 0) is 42.1 Å². The maximum atomic E-state index is 12.6. The summed E-state index contributed by atoms with van der Waals surface area (Å²) in [5.74, 6) is 0.582. The van der Waals surface area contributed by atoms with Crippen molar-refractivity contribution in [2.24, 2.45) is 0 Å². The van der Waals surface area contributed by atoms with Crippen molar-refractivity contribution in [3.8, 4) is 0 Å². The molecule has 0 bridgehead atoms. The quantitative estimate of drug-likeness (QED) is 0.409. The molecule has 3 aromatic rings. The van der Waals surface area contributed by atoms with Crippen LogP contribution in [-0.2, 0) is 12.7 Å². The number of nitrogens with zero attached hydrogens (tertiary/aromatic N) is 4. The third kappa shape index (κ3) is 4.67. The van der Waals surface area contributed by atoms with Gasteiger partial charge in [0.15, 0.2) is 17.0 Å². The number of fused-ring (bicyclic) bond motifs is 1. The zero-order chi connectivity index (χ0) is 21.1. The van der Waals surface area contributed by atoms with Gasteiger partial charge in [-0.3, -0.25) is 0 Å². The van der Waals surface area contributed by atoms with Crippen LogP contribution in [0.5, 0.6) is 0 Å². The lowest BCUT2D eigenvalue weighted by molar-refractivity contribution is -0.137. The summed E-state index contributed by atoms with van der Waals surface area (Å²) in [6.07, 6.45) is 2.13. The van der Waals surface area contributed by atoms with Gasteiger partial charge in [-0.2, -0.15) is 23.1 Å². The Kier molecular flexibility index (Phi) is 6.10. The summed E-state index contributed by atoms with van der Waals surface area (Å²) in [4.78, 5) is 13.1. The highest BCUT2D eigenvalue weighted by molar-refractivity contribution is 6.28. The summed E-state index contributed by atoms with van der Waals surface area (Å²) in [7, 11) is 0. The van der Waals surface area contributed by atoms with Crippen LogP contribution >= 0.6 is 11.6 Å². The number of benzene rings is 1. The lowest BCUT2D eigenvalue weighted by Gasteiger charge is -2.12. The normalized spacial score (nSPS) is 15.2. The van der Waals surface area contributed by atoms with E-state index in [4.69, 9.17) is 11.6 Å². The molecule has 2 heterocycles. The Morgan fingerprint density at radius 3 is 2.50 bits per heavy atom. The van der Waals surface area contributed by atoms with Gasteiger partial charge >= 0.3 is 6.18 Å².